The number of hydrogen-bond donors (Lipinski definition) is 1. The van der Waals surface area contributed by atoms with Crippen LogP contribution in [0.3, 0.4) is 0 Å². The van der Waals surface area contributed by atoms with E-state index in [0.717, 1.165) is 0 Å². The highest BCUT2D eigenvalue weighted by molar-refractivity contribution is 7.99. The van der Waals surface area contributed by atoms with Gasteiger partial charge in [0.1, 0.15) is 29.9 Å². The average Bonchev–Trinajstić information content (AvgIpc) is 3.12. The van der Waals surface area contributed by atoms with Crippen LogP contribution in [0.15, 0.2) is 60.7 Å². The molecular formula is C26H36O5SSi. The number of ether oxygens (including phenoxy) is 3. The lowest BCUT2D eigenvalue weighted by molar-refractivity contribution is -0.166. The van der Waals surface area contributed by atoms with Crippen LogP contribution in [0.1, 0.15) is 34.6 Å². The van der Waals surface area contributed by atoms with E-state index >= 15 is 0 Å². The highest BCUT2D eigenvalue weighted by Crippen LogP contribution is 2.41. The summed E-state index contributed by atoms with van der Waals surface area (Å²) in [7, 11) is -2.71. The predicted molar refractivity (Wildman–Crippen MR) is 136 cm³/mol. The van der Waals surface area contributed by atoms with Crippen molar-refractivity contribution in [3.63, 3.8) is 0 Å². The Kier molecular flexibility index (Phi) is 7.14. The minimum Gasteiger partial charge on any atom is -0.405 e. The van der Waals surface area contributed by atoms with Gasteiger partial charge in [-0.25, -0.2) is 0 Å². The molecule has 2 saturated heterocycles. The van der Waals surface area contributed by atoms with Crippen molar-refractivity contribution in [1.29, 1.82) is 0 Å². The van der Waals surface area contributed by atoms with Gasteiger partial charge in [0, 0.05) is 0 Å². The molecule has 2 fully saturated rings. The number of hydrogen-bond acceptors (Lipinski definition) is 6. The number of rotatable bonds is 6. The normalized spacial score (nSPS) is 29.6. The van der Waals surface area contributed by atoms with Gasteiger partial charge in [-0.1, -0.05) is 81.4 Å². The van der Waals surface area contributed by atoms with Crippen molar-refractivity contribution in [3.8, 4) is 0 Å². The zero-order chi connectivity index (χ0) is 23.9. The van der Waals surface area contributed by atoms with Crippen molar-refractivity contribution in [2.45, 2.75) is 75.3 Å². The van der Waals surface area contributed by atoms with E-state index in [1.54, 1.807) is 0 Å². The quantitative estimate of drug-likeness (QED) is 0.628. The summed E-state index contributed by atoms with van der Waals surface area (Å²) in [6, 6.07) is 21.1. The molecule has 0 bridgehead atoms. The molecule has 1 N–H and O–H groups in total. The van der Waals surface area contributed by atoms with Gasteiger partial charge in [-0.15, -0.1) is 11.8 Å². The van der Waals surface area contributed by atoms with Gasteiger partial charge in [-0.2, -0.15) is 0 Å². The zero-order valence-corrected chi connectivity index (χ0v) is 22.2. The van der Waals surface area contributed by atoms with E-state index in [9.17, 15) is 5.11 Å². The number of aliphatic hydroxyl groups is 1. The molecule has 33 heavy (non-hydrogen) atoms. The number of fused-ring (bicyclic) bond motifs is 1. The first-order chi connectivity index (χ1) is 15.6. The average molecular weight is 489 g/mol. The van der Waals surface area contributed by atoms with E-state index in [4.69, 9.17) is 18.6 Å². The second kappa shape index (κ2) is 9.45. The fourth-order valence-corrected chi connectivity index (χ4v) is 10.4. The maximum atomic E-state index is 10.8. The third-order valence-electron chi connectivity index (χ3n) is 6.57. The Hall–Kier alpha value is -1.19. The Labute approximate surface area is 202 Å². The summed E-state index contributed by atoms with van der Waals surface area (Å²) in [4.78, 5) is 0. The number of aliphatic hydroxyl groups excluding tert-OH is 1. The van der Waals surface area contributed by atoms with Crippen molar-refractivity contribution in [2.24, 2.45) is 0 Å². The van der Waals surface area contributed by atoms with Crippen LogP contribution >= 0.6 is 11.8 Å². The van der Waals surface area contributed by atoms with Gasteiger partial charge in [-0.3, -0.25) is 0 Å². The Bertz CT molecular complexity index is 878. The van der Waals surface area contributed by atoms with Crippen molar-refractivity contribution in [3.05, 3.63) is 60.7 Å². The maximum absolute atomic E-state index is 10.8. The lowest BCUT2D eigenvalue weighted by Gasteiger charge is -2.45. The second-order valence-corrected chi connectivity index (χ2v) is 15.5. The molecule has 7 heteroatoms. The predicted octanol–water partition coefficient (Wildman–Crippen LogP) is 3.53. The van der Waals surface area contributed by atoms with Crippen LogP contribution in [0.25, 0.3) is 0 Å². The summed E-state index contributed by atoms with van der Waals surface area (Å²) in [5, 5.41) is 13.1. The number of benzene rings is 2. The monoisotopic (exact) mass is 488 g/mol. The van der Waals surface area contributed by atoms with E-state index in [-0.39, 0.29) is 11.1 Å². The third-order valence-corrected chi connectivity index (χ3v) is 12.4. The molecule has 2 unspecified atom stereocenters. The van der Waals surface area contributed by atoms with Crippen molar-refractivity contribution in [1.82, 2.24) is 0 Å². The van der Waals surface area contributed by atoms with Gasteiger partial charge < -0.3 is 23.7 Å². The minimum absolute atomic E-state index is 0.130. The summed E-state index contributed by atoms with van der Waals surface area (Å²) in [6.45, 7) is 10.9. The topological polar surface area (TPSA) is 57.2 Å². The van der Waals surface area contributed by atoms with Gasteiger partial charge in [-0.05, 0) is 35.5 Å². The molecule has 0 saturated carbocycles. The molecule has 0 radical (unpaired) electrons. The first kappa shape index (κ1) is 24.9. The van der Waals surface area contributed by atoms with Gasteiger partial charge in [0.05, 0.1) is 6.61 Å². The molecule has 0 amide bonds. The van der Waals surface area contributed by atoms with E-state index in [2.05, 4.69) is 69.3 Å². The second-order valence-electron chi connectivity index (χ2n) is 10.3. The third kappa shape index (κ3) is 4.69. The van der Waals surface area contributed by atoms with E-state index < -0.39 is 37.9 Å². The molecule has 2 aromatic rings. The lowest BCUT2D eigenvalue weighted by Crippen LogP contribution is -2.68. The van der Waals surface area contributed by atoms with Crippen molar-refractivity contribution in [2.75, 3.05) is 12.9 Å². The summed E-state index contributed by atoms with van der Waals surface area (Å²) >= 11 is 1.49. The van der Waals surface area contributed by atoms with E-state index in [1.165, 1.54) is 22.1 Å². The minimum atomic E-state index is -2.71. The van der Waals surface area contributed by atoms with Crippen LogP contribution in [0.5, 0.6) is 0 Å². The largest absolute Gasteiger partial charge is 0.405 e. The van der Waals surface area contributed by atoms with Crippen LogP contribution in [-0.4, -0.2) is 61.9 Å². The van der Waals surface area contributed by atoms with E-state index in [1.807, 2.05) is 32.2 Å². The first-order valence-electron chi connectivity index (χ1n) is 11.6. The summed E-state index contributed by atoms with van der Waals surface area (Å²) in [5.74, 6) is -0.775. The lowest BCUT2D eigenvalue weighted by atomic mass is 10.0. The zero-order valence-electron chi connectivity index (χ0n) is 20.4. The Balaban J connectivity index is 1.71. The number of thioether (sulfide) groups is 1. The van der Waals surface area contributed by atoms with Gasteiger partial charge >= 0.3 is 0 Å². The molecule has 2 aromatic carbocycles. The van der Waals surface area contributed by atoms with Crippen molar-refractivity contribution >= 4 is 30.5 Å². The maximum Gasteiger partial charge on any atom is 0.261 e. The highest BCUT2D eigenvalue weighted by atomic mass is 32.2. The van der Waals surface area contributed by atoms with Crippen LogP contribution in [0.2, 0.25) is 5.04 Å². The molecule has 180 valence electrons. The van der Waals surface area contributed by atoms with Gasteiger partial charge in [0.15, 0.2) is 5.79 Å². The molecule has 0 aromatic heterocycles. The molecule has 2 heterocycles. The Morgan fingerprint density at radius 2 is 1.45 bits per heavy atom. The van der Waals surface area contributed by atoms with Gasteiger partial charge in [0.25, 0.3) is 8.32 Å². The summed E-state index contributed by atoms with van der Waals surface area (Å²) in [5.41, 5.74) is -0.392. The molecular weight excluding hydrogens is 452 g/mol. The fraction of sp³-hybridized carbons (Fsp3) is 0.538. The molecule has 5 nitrogen and oxygen atoms in total. The summed E-state index contributed by atoms with van der Waals surface area (Å²) in [6.07, 6.45) is 0.000566. The van der Waals surface area contributed by atoms with E-state index in [0.29, 0.717) is 6.61 Å². The molecule has 5 atom stereocenters. The van der Waals surface area contributed by atoms with Crippen LogP contribution in [-0.2, 0) is 18.6 Å². The fourth-order valence-electron chi connectivity index (χ4n) is 5.15. The molecule has 2 aliphatic rings. The smallest absolute Gasteiger partial charge is 0.261 e. The van der Waals surface area contributed by atoms with Crippen molar-refractivity contribution < 1.29 is 23.7 Å². The van der Waals surface area contributed by atoms with Crippen LogP contribution < -0.4 is 10.4 Å². The standard InChI is InChI=1S/C26H36O5SSi/c1-25(2,3)33(18-13-9-7-10-14-18,19-15-11-8-12-16-19)28-17-20-22-23(31-26(4,5)30-22)21(27)24(29-20)32-6/h7-16,20-24,27H,17H2,1-6H3/t20?,21?,22-,23+,24-/m0/s1. The molecule has 2 aliphatic heterocycles. The van der Waals surface area contributed by atoms with Crippen LogP contribution in [0.4, 0.5) is 0 Å². The first-order valence-corrected chi connectivity index (χ1v) is 14.8. The Morgan fingerprint density at radius 3 is 1.94 bits per heavy atom. The van der Waals surface area contributed by atoms with Crippen LogP contribution in [0, 0.1) is 0 Å². The molecule has 4 rings (SSSR count). The molecule has 0 spiro atoms. The summed E-state index contributed by atoms with van der Waals surface area (Å²) < 4.78 is 25.7. The van der Waals surface area contributed by atoms with Gasteiger partial charge in [0.2, 0.25) is 0 Å². The highest BCUT2D eigenvalue weighted by Gasteiger charge is 2.56. The Morgan fingerprint density at radius 1 is 0.939 bits per heavy atom. The molecule has 0 aliphatic carbocycles. The SMILES string of the molecule is CS[C@@H]1OC(CO[Si](c2ccccc2)(c2ccccc2)C(C)(C)C)[C@@H]2OC(C)(C)O[C@@H]2C1O.